The number of aliphatic hydroxyl groups excluding tert-OH is 1. The first kappa shape index (κ1) is 24.9. The number of halogens is 4. The lowest BCUT2D eigenvalue weighted by atomic mass is 9.98. The van der Waals surface area contributed by atoms with Gasteiger partial charge in [-0.15, -0.1) is 0 Å². The minimum absolute atomic E-state index is 0.0317. The molecule has 1 aromatic heterocycles. The minimum atomic E-state index is -1.21. The van der Waals surface area contributed by atoms with Crippen LogP contribution in [0.2, 0.25) is 15.1 Å². The second-order valence-corrected chi connectivity index (χ2v) is 8.69. The van der Waals surface area contributed by atoms with E-state index in [0.29, 0.717) is 5.76 Å². The first-order chi connectivity index (χ1) is 16.6. The van der Waals surface area contributed by atoms with Gasteiger partial charge in [0.1, 0.15) is 34.2 Å². The Hall–Kier alpha value is -3.20. The van der Waals surface area contributed by atoms with Gasteiger partial charge in [-0.1, -0.05) is 34.8 Å². The van der Waals surface area contributed by atoms with Crippen LogP contribution in [0.4, 0.5) is 10.1 Å². The molecule has 35 heavy (non-hydrogen) atoms. The maximum absolute atomic E-state index is 13.8. The third-order valence-corrected chi connectivity index (χ3v) is 6.36. The number of amides is 1. The Morgan fingerprint density at radius 2 is 1.71 bits per heavy atom. The fourth-order valence-corrected chi connectivity index (χ4v) is 4.76. The van der Waals surface area contributed by atoms with Crippen LogP contribution in [0.5, 0.6) is 11.5 Å². The Labute approximate surface area is 214 Å². The molecule has 11 heteroatoms. The Bertz CT molecular complexity index is 1400. The number of aryl methyl sites for hydroxylation is 1. The van der Waals surface area contributed by atoms with Crippen molar-refractivity contribution in [1.29, 1.82) is 0 Å². The number of Topliss-reactive ketones (excluding diaryl/α,β-unsaturated/α-hetero) is 1. The highest BCUT2D eigenvalue weighted by atomic mass is 35.5. The summed E-state index contributed by atoms with van der Waals surface area (Å²) < 4.78 is 30.1. The molecule has 1 aliphatic rings. The number of ketones is 1. The number of ether oxygens (including phenoxy) is 2. The Kier molecular flexibility index (Phi) is 6.73. The summed E-state index contributed by atoms with van der Waals surface area (Å²) in [5, 5.41) is 11.1. The summed E-state index contributed by atoms with van der Waals surface area (Å²) in [5.74, 6) is -2.59. The predicted molar refractivity (Wildman–Crippen MR) is 129 cm³/mol. The van der Waals surface area contributed by atoms with Crippen LogP contribution in [0, 0.1) is 12.7 Å². The van der Waals surface area contributed by atoms with Crippen molar-refractivity contribution in [3.63, 3.8) is 0 Å². The number of rotatable bonds is 5. The van der Waals surface area contributed by atoms with Gasteiger partial charge in [-0.3, -0.25) is 14.5 Å². The highest BCUT2D eigenvalue weighted by molar-refractivity contribution is 6.52. The van der Waals surface area contributed by atoms with Crippen LogP contribution < -0.4 is 14.4 Å². The van der Waals surface area contributed by atoms with Gasteiger partial charge < -0.3 is 19.0 Å². The molecule has 1 fully saturated rings. The molecule has 4 rings (SSSR count). The SMILES string of the molecule is COc1c(Cl)cc(/C(O)=C2\C(=O)C(=O)N(c3ccc(F)c(Cl)c3)C2c2ccc(C)o2)c(OC)c1Cl. The van der Waals surface area contributed by atoms with Crippen molar-refractivity contribution in [2.75, 3.05) is 19.1 Å². The third-order valence-electron chi connectivity index (χ3n) is 5.45. The number of aliphatic hydroxyl groups is 1. The number of methoxy groups -OCH3 is 2. The molecule has 0 saturated carbocycles. The molecule has 3 aromatic rings. The zero-order valence-corrected chi connectivity index (χ0v) is 20.8. The molecule has 1 N–H and O–H groups in total. The van der Waals surface area contributed by atoms with Gasteiger partial charge in [0.05, 0.1) is 35.4 Å². The summed E-state index contributed by atoms with van der Waals surface area (Å²) in [4.78, 5) is 27.5. The number of nitrogens with zero attached hydrogens (tertiary/aromatic N) is 1. The standard InChI is InChI=1S/C24H17Cl3FNO6/c1-10-4-7-16(35-10)19-17(20(30)12-9-14(26)23(34-3)18(27)22(12)33-2)21(31)24(32)29(19)11-5-6-15(28)13(25)8-11/h4-9,19,30H,1-3H3/b20-17+. The van der Waals surface area contributed by atoms with Crippen molar-refractivity contribution >= 4 is 57.9 Å². The zero-order chi connectivity index (χ0) is 25.6. The molecule has 1 aliphatic heterocycles. The van der Waals surface area contributed by atoms with Crippen molar-refractivity contribution in [1.82, 2.24) is 0 Å². The van der Waals surface area contributed by atoms with Crippen LogP contribution in [0.1, 0.15) is 23.1 Å². The van der Waals surface area contributed by atoms with Crippen molar-refractivity contribution in [2.45, 2.75) is 13.0 Å². The number of hydrogen-bond acceptors (Lipinski definition) is 6. The summed E-state index contributed by atoms with van der Waals surface area (Å²) in [6.07, 6.45) is 0. The van der Waals surface area contributed by atoms with E-state index in [1.54, 1.807) is 19.1 Å². The summed E-state index contributed by atoms with van der Waals surface area (Å²) >= 11 is 18.5. The molecule has 2 heterocycles. The van der Waals surface area contributed by atoms with Gasteiger partial charge in [0.15, 0.2) is 11.5 Å². The van der Waals surface area contributed by atoms with E-state index >= 15 is 0 Å². The largest absolute Gasteiger partial charge is 0.507 e. The minimum Gasteiger partial charge on any atom is -0.507 e. The van der Waals surface area contributed by atoms with Crippen LogP contribution >= 0.6 is 34.8 Å². The quantitative estimate of drug-likeness (QED) is 0.231. The lowest BCUT2D eigenvalue weighted by Crippen LogP contribution is -2.29. The van der Waals surface area contributed by atoms with Crippen LogP contribution in [0.3, 0.4) is 0 Å². The van der Waals surface area contributed by atoms with E-state index in [1.807, 2.05) is 0 Å². The molecule has 7 nitrogen and oxygen atoms in total. The van der Waals surface area contributed by atoms with Gasteiger partial charge >= 0.3 is 0 Å². The van der Waals surface area contributed by atoms with Gasteiger partial charge in [0.2, 0.25) is 0 Å². The fraction of sp³-hybridized carbons (Fsp3) is 0.167. The lowest BCUT2D eigenvalue weighted by Gasteiger charge is -2.24. The average molecular weight is 541 g/mol. The molecule has 1 amide bonds. The van der Waals surface area contributed by atoms with Crippen LogP contribution in [-0.4, -0.2) is 31.0 Å². The lowest BCUT2D eigenvalue weighted by molar-refractivity contribution is -0.132. The number of hydrogen-bond donors (Lipinski definition) is 1. The van der Waals surface area contributed by atoms with E-state index in [0.717, 1.165) is 11.0 Å². The van der Waals surface area contributed by atoms with E-state index in [4.69, 9.17) is 48.7 Å². The smallest absolute Gasteiger partial charge is 0.300 e. The second kappa shape index (κ2) is 9.45. The molecule has 1 unspecified atom stereocenters. The number of carbonyl (C=O) groups excluding carboxylic acids is 2. The molecule has 0 bridgehead atoms. The zero-order valence-electron chi connectivity index (χ0n) is 18.5. The van der Waals surface area contributed by atoms with E-state index in [-0.39, 0.29) is 49.2 Å². The summed E-state index contributed by atoms with van der Waals surface area (Å²) in [7, 11) is 2.66. The fourth-order valence-electron chi connectivity index (χ4n) is 3.89. The van der Waals surface area contributed by atoms with Crippen molar-refractivity contribution in [2.24, 2.45) is 0 Å². The van der Waals surface area contributed by atoms with E-state index in [2.05, 4.69) is 0 Å². The monoisotopic (exact) mass is 539 g/mol. The van der Waals surface area contributed by atoms with E-state index in [1.165, 1.54) is 32.4 Å². The van der Waals surface area contributed by atoms with Crippen molar-refractivity contribution in [3.05, 3.63) is 79.9 Å². The normalized spacial score (nSPS) is 17.2. The Morgan fingerprint density at radius 1 is 1.03 bits per heavy atom. The molecule has 2 aromatic carbocycles. The van der Waals surface area contributed by atoms with Gasteiger partial charge in [0, 0.05) is 5.69 Å². The molecule has 1 saturated heterocycles. The molecule has 1 atom stereocenters. The Morgan fingerprint density at radius 3 is 2.29 bits per heavy atom. The number of carbonyl (C=O) groups is 2. The van der Waals surface area contributed by atoms with Crippen LogP contribution in [0.25, 0.3) is 5.76 Å². The maximum atomic E-state index is 13.8. The first-order valence-corrected chi connectivity index (χ1v) is 11.2. The van der Waals surface area contributed by atoms with Gasteiger partial charge in [0.25, 0.3) is 11.7 Å². The Balaban J connectivity index is 2.01. The highest BCUT2D eigenvalue weighted by Crippen LogP contribution is 2.48. The van der Waals surface area contributed by atoms with Crippen LogP contribution in [-0.2, 0) is 9.59 Å². The average Bonchev–Trinajstić information content (AvgIpc) is 3.36. The molecule has 0 spiro atoms. The molecule has 182 valence electrons. The first-order valence-electron chi connectivity index (χ1n) is 10.0. The molecular weight excluding hydrogens is 524 g/mol. The molecule has 0 aliphatic carbocycles. The van der Waals surface area contributed by atoms with E-state index < -0.39 is 29.3 Å². The van der Waals surface area contributed by atoms with Gasteiger partial charge in [-0.05, 0) is 43.3 Å². The second-order valence-electron chi connectivity index (χ2n) is 7.50. The maximum Gasteiger partial charge on any atom is 0.300 e. The van der Waals surface area contributed by atoms with Crippen LogP contribution in [0.15, 0.2) is 46.4 Å². The number of anilines is 1. The van der Waals surface area contributed by atoms with E-state index in [9.17, 15) is 19.1 Å². The molecular formula is C24H17Cl3FNO6. The van der Waals surface area contributed by atoms with Crippen molar-refractivity contribution in [3.8, 4) is 11.5 Å². The van der Waals surface area contributed by atoms with Crippen molar-refractivity contribution < 1.29 is 33.0 Å². The summed E-state index contributed by atoms with van der Waals surface area (Å²) in [6, 6.07) is 6.83. The highest BCUT2D eigenvalue weighted by Gasteiger charge is 2.49. The topological polar surface area (TPSA) is 89.2 Å². The predicted octanol–water partition coefficient (Wildman–Crippen LogP) is 6.33. The molecule has 0 radical (unpaired) electrons. The summed E-state index contributed by atoms with van der Waals surface area (Å²) in [6.45, 7) is 1.68. The van der Waals surface area contributed by atoms with Gasteiger partial charge in [-0.2, -0.15) is 0 Å². The number of furan rings is 1. The van der Waals surface area contributed by atoms with Gasteiger partial charge in [-0.25, -0.2) is 4.39 Å². The number of benzene rings is 2. The summed E-state index contributed by atoms with van der Waals surface area (Å²) in [5.41, 5.74) is -0.249. The third kappa shape index (κ3) is 4.11.